The number of amides is 1. The molecule has 2 aromatic rings. The lowest BCUT2D eigenvalue weighted by atomic mass is 10.1. The van der Waals surface area contributed by atoms with Gasteiger partial charge in [0.05, 0.1) is 12.3 Å². The Morgan fingerprint density at radius 2 is 2.00 bits per heavy atom. The number of anilines is 1. The minimum atomic E-state index is -0.729. The van der Waals surface area contributed by atoms with Gasteiger partial charge in [-0.25, -0.2) is 0 Å². The first-order valence-corrected chi connectivity index (χ1v) is 8.79. The summed E-state index contributed by atoms with van der Waals surface area (Å²) in [5.74, 6) is 2.34. The zero-order chi connectivity index (χ0) is 18.1. The summed E-state index contributed by atoms with van der Waals surface area (Å²) in [7, 11) is 0. The molecule has 0 fully saturated rings. The number of hydrogen-bond acceptors (Lipinski definition) is 5. The fourth-order valence-electron chi connectivity index (χ4n) is 3.17. The van der Waals surface area contributed by atoms with Gasteiger partial charge in [-0.1, -0.05) is 12.1 Å². The highest BCUT2D eigenvalue weighted by Gasteiger charge is 2.29. The molecule has 1 N–H and O–H groups in total. The maximum absolute atomic E-state index is 12.7. The quantitative estimate of drug-likeness (QED) is 0.912. The molecule has 1 amide bonds. The van der Waals surface area contributed by atoms with Crippen LogP contribution < -0.4 is 24.3 Å². The molecule has 2 aromatic carbocycles. The van der Waals surface area contributed by atoms with Crippen LogP contribution in [0.1, 0.15) is 19.4 Å². The Morgan fingerprint density at radius 1 is 1.19 bits per heavy atom. The summed E-state index contributed by atoms with van der Waals surface area (Å²) in [6.45, 7) is 4.59. The van der Waals surface area contributed by atoms with E-state index in [2.05, 4.69) is 5.32 Å². The van der Waals surface area contributed by atoms with Crippen LogP contribution >= 0.6 is 0 Å². The largest absolute Gasteiger partial charge is 0.492 e. The Labute approximate surface area is 152 Å². The van der Waals surface area contributed by atoms with Gasteiger partial charge < -0.3 is 24.3 Å². The van der Waals surface area contributed by atoms with Gasteiger partial charge in [-0.2, -0.15) is 0 Å². The Kier molecular flexibility index (Phi) is 4.32. The van der Waals surface area contributed by atoms with Crippen molar-refractivity contribution in [2.45, 2.75) is 32.5 Å². The Morgan fingerprint density at radius 3 is 2.81 bits per heavy atom. The number of carbonyl (C=O) groups excluding carboxylic acids is 1. The molecule has 4 rings (SSSR count). The lowest BCUT2D eigenvalue weighted by Gasteiger charge is -2.26. The molecule has 0 aromatic heterocycles. The number of ether oxygens (including phenoxy) is 4. The standard InChI is InChI=1S/C20H21NO5/c1-3-23-18-9-13-8-12(2)25-17(13)10-14(18)21-20(22)19-11-24-15-6-4-5-7-16(15)26-19/h4-7,9-10,12,19H,3,8,11H2,1-2H3,(H,21,22)/t12-,19+/m0/s1. The smallest absolute Gasteiger partial charge is 0.269 e. The molecule has 6 heteroatoms. The summed E-state index contributed by atoms with van der Waals surface area (Å²) in [6, 6.07) is 11.1. The molecular weight excluding hydrogens is 334 g/mol. The van der Waals surface area contributed by atoms with E-state index in [9.17, 15) is 4.79 Å². The third-order valence-corrected chi connectivity index (χ3v) is 4.36. The van der Waals surface area contributed by atoms with Crippen molar-refractivity contribution in [1.29, 1.82) is 0 Å². The van der Waals surface area contributed by atoms with Crippen molar-refractivity contribution in [3.63, 3.8) is 0 Å². The van der Waals surface area contributed by atoms with Crippen molar-refractivity contribution in [1.82, 2.24) is 0 Å². The van der Waals surface area contributed by atoms with Crippen LogP contribution in [0, 0.1) is 0 Å². The summed E-state index contributed by atoms with van der Waals surface area (Å²) in [4.78, 5) is 12.7. The number of benzene rings is 2. The topological polar surface area (TPSA) is 66.0 Å². The minimum absolute atomic E-state index is 0.122. The second-order valence-corrected chi connectivity index (χ2v) is 6.38. The van der Waals surface area contributed by atoms with Gasteiger partial charge >= 0.3 is 0 Å². The van der Waals surface area contributed by atoms with Crippen LogP contribution in [0.2, 0.25) is 0 Å². The maximum Gasteiger partial charge on any atom is 0.269 e. The van der Waals surface area contributed by atoms with Crippen molar-refractivity contribution >= 4 is 11.6 Å². The molecule has 0 unspecified atom stereocenters. The van der Waals surface area contributed by atoms with E-state index in [1.807, 2.05) is 44.2 Å². The zero-order valence-corrected chi connectivity index (χ0v) is 14.8. The van der Waals surface area contributed by atoms with Gasteiger partial charge in [0.1, 0.15) is 24.2 Å². The third kappa shape index (κ3) is 3.14. The van der Waals surface area contributed by atoms with Crippen LogP contribution in [0.3, 0.4) is 0 Å². The number of fused-ring (bicyclic) bond motifs is 2. The number of nitrogens with one attached hydrogen (secondary N) is 1. The highest BCUT2D eigenvalue weighted by molar-refractivity contribution is 5.96. The summed E-state index contributed by atoms with van der Waals surface area (Å²) >= 11 is 0. The summed E-state index contributed by atoms with van der Waals surface area (Å²) in [6.07, 6.45) is 0.226. The average molecular weight is 355 g/mol. The van der Waals surface area contributed by atoms with E-state index in [-0.39, 0.29) is 18.6 Å². The van der Waals surface area contributed by atoms with Crippen LogP contribution in [0.5, 0.6) is 23.0 Å². The molecule has 136 valence electrons. The van der Waals surface area contributed by atoms with E-state index in [0.717, 1.165) is 17.7 Å². The molecule has 0 aliphatic carbocycles. The molecule has 0 spiro atoms. The van der Waals surface area contributed by atoms with Gasteiger partial charge in [0.2, 0.25) is 6.10 Å². The molecule has 2 aliphatic heterocycles. The van der Waals surface area contributed by atoms with E-state index in [1.165, 1.54) is 0 Å². The van der Waals surface area contributed by atoms with Crippen LogP contribution in [-0.2, 0) is 11.2 Å². The monoisotopic (exact) mass is 355 g/mol. The summed E-state index contributed by atoms with van der Waals surface area (Å²) in [5, 5.41) is 2.89. The Bertz CT molecular complexity index is 835. The molecule has 0 bridgehead atoms. The third-order valence-electron chi connectivity index (χ3n) is 4.36. The van der Waals surface area contributed by atoms with Gasteiger partial charge in [0.25, 0.3) is 5.91 Å². The van der Waals surface area contributed by atoms with E-state index in [1.54, 1.807) is 6.07 Å². The average Bonchev–Trinajstić information content (AvgIpc) is 3.00. The maximum atomic E-state index is 12.7. The molecule has 0 radical (unpaired) electrons. The van der Waals surface area contributed by atoms with Gasteiger partial charge in [0, 0.05) is 18.1 Å². The van der Waals surface area contributed by atoms with E-state index in [4.69, 9.17) is 18.9 Å². The van der Waals surface area contributed by atoms with E-state index >= 15 is 0 Å². The Hall–Kier alpha value is -2.89. The number of hydrogen-bond donors (Lipinski definition) is 1. The second kappa shape index (κ2) is 6.78. The highest BCUT2D eigenvalue weighted by atomic mass is 16.6. The first-order valence-electron chi connectivity index (χ1n) is 8.79. The summed E-state index contributed by atoms with van der Waals surface area (Å²) in [5.41, 5.74) is 1.66. The van der Waals surface area contributed by atoms with E-state index < -0.39 is 6.10 Å². The summed E-state index contributed by atoms with van der Waals surface area (Å²) < 4.78 is 22.9. The van der Waals surface area contributed by atoms with Gasteiger partial charge in [-0.05, 0) is 32.0 Å². The van der Waals surface area contributed by atoms with Crippen LogP contribution in [0.4, 0.5) is 5.69 Å². The molecule has 2 heterocycles. The highest BCUT2D eigenvalue weighted by Crippen LogP contribution is 2.38. The van der Waals surface area contributed by atoms with Crippen molar-refractivity contribution in [2.24, 2.45) is 0 Å². The second-order valence-electron chi connectivity index (χ2n) is 6.38. The molecule has 26 heavy (non-hydrogen) atoms. The number of para-hydroxylation sites is 2. The fraction of sp³-hybridized carbons (Fsp3) is 0.350. The van der Waals surface area contributed by atoms with Crippen molar-refractivity contribution in [3.05, 3.63) is 42.0 Å². The van der Waals surface area contributed by atoms with Crippen molar-refractivity contribution in [3.8, 4) is 23.0 Å². The van der Waals surface area contributed by atoms with Crippen molar-refractivity contribution in [2.75, 3.05) is 18.5 Å². The lowest BCUT2D eigenvalue weighted by molar-refractivity contribution is -0.125. The van der Waals surface area contributed by atoms with Crippen LogP contribution in [0.25, 0.3) is 0 Å². The molecule has 6 nitrogen and oxygen atoms in total. The predicted molar refractivity (Wildman–Crippen MR) is 96.4 cm³/mol. The van der Waals surface area contributed by atoms with Crippen LogP contribution in [-0.4, -0.2) is 31.3 Å². The number of rotatable bonds is 4. The van der Waals surface area contributed by atoms with Crippen LogP contribution in [0.15, 0.2) is 36.4 Å². The minimum Gasteiger partial charge on any atom is -0.492 e. The van der Waals surface area contributed by atoms with Crippen molar-refractivity contribution < 1.29 is 23.7 Å². The fourth-order valence-corrected chi connectivity index (χ4v) is 3.17. The molecular formula is C20H21NO5. The first kappa shape index (κ1) is 16.6. The first-order chi connectivity index (χ1) is 12.6. The predicted octanol–water partition coefficient (Wildman–Crippen LogP) is 3.19. The molecule has 0 saturated heterocycles. The van der Waals surface area contributed by atoms with Gasteiger partial charge in [-0.3, -0.25) is 4.79 Å². The lowest BCUT2D eigenvalue weighted by Crippen LogP contribution is -2.40. The number of carbonyl (C=O) groups is 1. The molecule has 2 aliphatic rings. The SMILES string of the molecule is CCOc1cc2c(cc1NC(=O)[C@H]1COc3ccccc3O1)O[C@@H](C)C2. The van der Waals surface area contributed by atoms with Gasteiger partial charge in [-0.15, -0.1) is 0 Å². The van der Waals surface area contributed by atoms with Gasteiger partial charge in [0.15, 0.2) is 11.5 Å². The molecule has 0 saturated carbocycles. The molecule has 2 atom stereocenters. The van der Waals surface area contributed by atoms with E-state index in [0.29, 0.717) is 29.5 Å². The Balaban J connectivity index is 1.53. The zero-order valence-electron chi connectivity index (χ0n) is 14.8. The normalized spacial score (nSPS) is 20.1.